The normalized spacial score (nSPS) is 21.6. The van der Waals surface area contributed by atoms with E-state index in [0.29, 0.717) is 18.5 Å². The Morgan fingerprint density at radius 1 is 1.39 bits per heavy atom. The van der Waals surface area contributed by atoms with Crippen LogP contribution in [0.3, 0.4) is 0 Å². The molecule has 1 fully saturated rings. The summed E-state index contributed by atoms with van der Waals surface area (Å²) in [6.45, 7) is 5.25. The molecule has 1 amide bonds. The molecule has 0 radical (unpaired) electrons. The molecule has 0 aromatic heterocycles. The number of ether oxygens (including phenoxy) is 1. The van der Waals surface area contributed by atoms with Gasteiger partial charge in [-0.25, -0.2) is 0 Å². The predicted octanol–water partition coefficient (Wildman–Crippen LogP) is 2.80. The van der Waals surface area contributed by atoms with Crippen LogP contribution in [0.4, 0.5) is 13.2 Å². The van der Waals surface area contributed by atoms with Crippen molar-refractivity contribution in [2.45, 2.75) is 38.6 Å². The Bertz CT molecular complexity index is 548. The minimum atomic E-state index is -4.73. The molecule has 2 rings (SSSR count). The highest BCUT2D eigenvalue weighted by Gasteiger charge is 2.46. The van der Waals surface area contributed by atoms with E-state index in [4.69, 9.17) is 0 Å². The fraction of sp³-hybridized carbons (Fsp3) is 0.562. The Kier molecular flexibility index (Phi) is 5.51. The zero-order valence-electron chi connectivity index (χ0n) is 13.1. The van der Waals surface area contributed by atoms with Gasteiger partial charge in [0.1, 0.15) is 5.75 Å². The first-order valence-corrected chi connectivity index (χ1v) is 7.67. The van der Waals surface area contributed by atoms with Gasteiger partial charge in [0.2, 0.25) is 5.91 Å². The maximum Gasteiger partial charge on any atom is 0.573 e. The van der Waals surface area contributed by atoms with Gasteiger partial charge in [0.15, 0.2) is 0 Å². The largest absolute Gasteiger partial charge is 0.573 e. The van der Waals surface area contributed by atoms with E-state index < -0.39 is 6.36 Å². The van der Waals surface area contributed by atoms with E-state index in [0.717, 1.165) is 6.54 Å². The van der Waals surface area contributed by atoms with Crippen molar-refractivity contribution < 1.29 is 22.7 Å². The van der Waals surface area contributed by atoms with E-state index in [1.165, 1.54) is 12.1 Å². The first-order chi connectivity index (χ1) is 10.8. The smallest absolute Gasteiger partial charge is 0.405 e. The van der Waals surface area contributed by atoms with Gasteiger partial charge < -0.3 is 15.4 Å². The number of benzene rings is 1. The van der Waals surface area contributed by atoms with Crippen LogP contribution >= 0.6 is 0 Å². The van der Waals surface area contributed by atoms with E-state index in [1.807, 2.05) is 13.8 Å². The number of hydrogen-bond acceptors (Lipinski definition) is 3. The molecule has 2 unspecified atom stereocenters. The number of hydrogen-bond donors (Lipinski definition) is 2. The second kappa shape index (κ2) is 7.21. The van der Waals surface area contributed by atoms with Gasteiger partial charge in [-0.2, -0.15) is 0 Å². The Labute approximate surface area is 133 Å². The number of alkyl halides is 3. The third-order valence-corrected chi connectivity index (χ3v) is 3.81. The average molecular weight is 330 g/mol. The Morgan fingerprint density at radius 3 is 2.74 bits per heavy atom. The van der Waals surface area contributed by atoms with E-state index in [9.17, 15) is 18.0 Å². The summed E-state index contributed by atoms with van der Waals surface area (Å²) in [4.78, 5) is 12.1. The van der Waals surface area contributed by atoms with Crippen molar-refractivity contribution in [1.29, 1.82) is 0 Å². The molecule has 1 aromatic rings. The summed E-state index contributed by atoms with van der Waals surface area (Å²) in [7, 11) is 0. The van der Waals surface area contributed by atoms with Crippen molar-refractivity contribution in [2.75, 3.05) is 13.1 Å². The number of halogens is 3. The van der Waals surface area contributed by atoms with Crippen LogP contribution in [0.25, 0.3) is 0 Å². The molecule has 1 saturated carbocycles. The number of carbonyl (C=O) groups is 1. The summed E-state index contributed by atoms with van der Waals surface area (Å²) in [5, 5.41) is 6.01. The molecule has 0 spiro atoms. The average Bonchev–Trinajstić information content (AvgIpc) is 3.24. The van der Waals surface area contributed by atoms with Gasteiger partial charge in [0.25, 0.3) is 0 Å². The lowest BCUT2D eigenvalue weighted by atomic mass is 10.1. The fourth-order valence-corrected chi connectivity index (χ4v) is 2.64. The summed E-state index contributed by atoms with van der Waals surface area (Å²) in [6, 6.07) is 6.16. The highest BCUT2D eigenvalue weighted by atomic mass is 19.4. The van der Waals surface area contributed by atoms with Gasteiger partial charge in [0.05, 0.1) is 0 Å². The van der Waals surface area contributed by atoms with Crippen molar-refractivity contribution >= 4 is 5.91 Å². The highest BCUT2D eigenvalue weighted by molar-refractivity contribution is 5.83. The minimum Gasteiger partial charge on any atom is -0.405 e. The standard InChI is InChI=1S/C16H21F3N2O2/c1-3-20-10(2)9-21-15(22)13-8-12(13)11-6-4-5-7-14(11)23-16(17,18)19/h4-7,10,12-13,20H,3,8-9H2,1-2H3,(H,21,22)/t10-,12?,13?/m1/s1. The number of amides is 1. The van der Waals surface area contributed by atoms with Crippen LogP contribution in [0, 0.1) is 5.92 Å². The SMILES string of the molecule is CCN[C@H](C)CNC(=O)C1CC1c1ccccc1OC(F)(F)F. The summed E-state index contributed by atoms with van der Waals surface area (Å²) in [6.07, 6.45) is -4.19. The quantitative estimate of drug-likeness (QED) is 0.808. The molecule has 0 saturated heterocycles. The van der Waals surface area contributed by atoms with E-state index in [-0.39, 0.29) is 29.5 Å². The number of likely N-dealkylation sites (N-methyl/N-ethyl adjacent to an activating group) is 1. The van der Waals surface area contributed by atoms with Crippen molar-refractivity contribution in [2.24, 2.45) is 5.92 Å². The second-order valence-corrected chi connectivity index (χ2v) is 5.74. The van der Waals surface area contributed by atoms with Crippen molar-refractivity contribution in [1.82, 2.24) is 10.6 Å². The van der Waals surface area contributed by atoms with Crippen LogP contribution in [0.5, 0.6) is 5.75 Å². The summed E-state index contributed by atoms with van der Waals surface area (Å²) >= 11 is 0. The monoisotopic (exact) mass is 330 g/mol. The highest BCUT2D eigenvalue weighted by Crippen LogP contribution is 2.50. The van der Waals surface area contributed by atoms with Crippen LogP contribution in [-0.4, -0.2) is 31.4 Å². The first-order valence-electron chi connectivity index (χ1n) is 7.67. The molecule has 7 heteroatoms. The van der Waals surface area contributed by atoms with Gasteiger partial charge in [-0.15, -0.1) is 13.2 Å². The topological polar surface area (TPSA) is 50.4 Å². The molecule has 4 nitrogen and oxygen atoms in total. The number of carbonyl (C=O) groups excluding carboxylic acids is 1. The van der Waals surface area contributed by atoms with Crippen molar-refractivity contribution in [3.63, 3.8) is 0 Å². The Balaban J connectivity index is 1.94. The molecule has 0 heterocycles. The Morgan fingerprint density at radius 2 is 2.09 bits per heavy atom. The summed E-state index contributed by atoms with van der Waals surface area (Å²) in [5.41, 5.74) is 0.435. The maximum atomic E-state index is 12.4. The second-order valence-electron chi connectivity index (χ2n) is 5.74. The molecule has 2 N–H and O–H groups in total. The Hall–Kier alpha value is -1.76. The third kappa shape index (κ3) is 5.13. The minimum absolute atomic E-state index is 0.124. The lowest BCUT2D eigenvalue weighted by Crippen LogP contribution is -2.39. The summed E-state index contributed by atoms with van der Waals surface area (Å²) in [5.74, 6) is -0.854. The molecule has 0 bridgehead atoms. The van der Waals surface area contributed by atoms with Gasteiger partial charge in [-0.3, -0.25) is 4.79 Å². The lowest BCUT2D eigenvalue weighted by Gasteiger charge is -2.14. The van der Waals surface area contributed by atoms with Gasteiger partial charge in [0, 0.05) is 18.5 Å². The van der Waals surface area contributed by atoms with Crippen LogP contribution in [0.1, 0.15) is 31.7 Å². The van der Waals surface area contributed by atoms with E-state index in [1.54, 1.807) is 12.1 Å². The van der Waals surface area contributed by atoms with Crippen LogP contribution in [-0.2, 0) is 4.79 Å². The maximum absolute atomic E-state index is 12.4. The molecule has 1 aromatic carbocycles. The number of nitrogens with one attached hydrogen (secondary N) is 2. The van der Waals surface area contributed by atoms with Crippen LogP contribution < -0.4 is 15.4 Å². The summed E-state index contributed by atoms with van der Waals surface area (Å²) < 4.78 is 41.4. The van der Waals surface area contributed by atoms with Crippen LogP contribution in [0.2, 0.25) is 0 Å². The van der Waals surface area contributed by atoms with Gasteiger partial charge in [-0.1, -0.05) is 25.1 Å². The number of para-hydroxylation sites is 1. The molecule has 23 heavy (non-hydrogen) atoms. The third-order valence-electron chi connectivity index (χ3n) is 3.81. The first kappa shape index (κ1) is 17.6. The van der Waals surface area contributed by atoms with Crippen LogP contribution in [0.15, 0.2) is 24.3 Å². The zero-order valence-corrected chi connectivity index (χ0v) is 13.1. The fourth-order valence-electron chi connectivity index (χ4n) is 2.64. The molecule has 1 aliphatic rings. The lowest BCUT2D eigenvalue weighted by molar-refractivity contribution is -0.274. The molecular formula is C16H21F3N2O2. The van der Waals surface area contributed by atoms with Gasteiger partial charge in [-0.05, 0) is 37.4 Å². The van der Waals surface area contributed by atoms with E-state index >= 15 is 0 Å². The number of rotatable bonds is 7. The molecule has 3 atom stereocenters. The predicted molar refractivity (Wildman–Crippen MR) is 80.1 cm³/mol. The van der Waals surface area contributed by atoms with Gasteiger partial charge >= 0.3 is 6.36 Å². The van der Waals surface area contributed by atoms with Crippen molar-refractivity contribution in [3.8, 4) is 5.75 Å². The van der Waals surface area contributed by atoms with Crippen molar-refractivity contribution in [3.05, 3.63) is 29.8 Å². The molecule has 128 valence electrons. The molecule has 0 aliphatic heterocycles. The van der Waals surface area contributed by atoms with E-state index in [2.05, 4.69) is 15.4 Å². The molecule has 1 aliphatic carbocycles. The zero-order chi connectivity index (χ0) is 17.0. The molecular weight excluding hydrogens is 309 g/mol.